The fourth-order valence-electron chi connectivity index (χ4n) is 3.34. The number of hydrogen-bond donors (Lipinski definition) is 0. The van der Waals surface area contributed by atoms with Gasteiger partial charge in [-0.3, -0.25) is 0 Å². The molecule has 138 valence electrons. The van der Waals surface area contributed by atoms with Crippen LogP contribution in [-0.2, 0) is 9.53 Å². The number of rotatable bonds is 10. The number of methoxy groups -OCH3 is 1. The molecule has 3 nitrogen and oxygen atoms in total. The van der Waals surface area contributed by atoms with E-state index >= 15 is 0 Å². The Hall–Kier alpha value is -1.77. The monoisotopic (exact) mass is 344 g/mol. The van der Waals surface area contributed by atoms with Gasteiger partial charge in [-0.25, -0.2) is 4.79 Å². The molecule has 0 saturated carbocycles. The molecule has 0 N–H and O–H groups in total. The van der Waals surface area contributed by atoms with Gasteiger partial charge in [-0.15, -0.1) is 0 Å². The van der Waals surface area contributed by atoms with Crippen LogP contribution in [0.5, 0.6) is 5.75 Å². The smallest absolute Gasteiger partial charge is 0.333 e. The van der Waals surface area contributed by atoms with Crippen LogP contribution in [0.3, 0.4) is 0 Å². The molecule has 1 atom stereocenters. The minimum absolute atomic E-state index is 0.110. The van der Waals surface area contributed by atoms with Crippen LogP contribution in [0.25, 0.3) is 0 Å². The summed E-state index contributed by atoms with van der Waals surface area (Å²) in [4.78, 5) is 12.2. The zero-order valence-electron chi connectivity index (χ0n) is 15.8. The second-order valence-corrected chi connectivity index (χ2v) is 6.88. The maximum atomic E-state index is 12.2. The van der Waals surface area contributed by atoms with Crippen LogP contribution in [-0.4, -0.2) is 19.7 Å². The molecular weight excluding hydrogens is 312 g/mol. The number of hydrogen-bond acceptors (Lipinski definition) is 3. The highest BCUT2D eigenvalue weighted by molar-refractivity contribution is 5.88. The van der Waals surface area contributed by atoms with Crippen LogP contribution in [0.4, 0.5) is 0 Å². The molecule has 3 heteroatoms. The van der Waals surface area contributed by atoms with Crippen LogP contribution >= 0.6 is 0 Å². The van der Waals surface area contributed by atoms with Gasteiger partial charge in [0.25, 0.3) is 0 Å². The Morgan fingerprint density at radius 2 is 1.80 bits per heavy atom. The summed E-state index contributed by atoms with van der Waals surface area (Å²) < 4.78 is 10.6. The fraction of sp³-hybridized carbons (Fsp3) is 0.591. The molecule has 0 fully saturated rings. The van der Waals surface area contributed by atoms with Gasteiger partial charge in [0.2, 0.25) is 0 Å². The summed E-state index contributed by atoms with van der Waals surface area (Å²) in [5.74, 6) is 1.26. The van der Waals surface area contributed by atoms with Gasteiger partial charge in [0, 0.05) is 5.57 Å². The van der Waals surface area contributed by atoms with Crippen molar-refractivity contribution in [3.63, 3.8) is 0 Å². The standard InChI is InChI=1S/C22H32O3/c1-3-4-5-6-7-8-17-25-22(23)20-11-9-18(10-12-20)19-13-15-21(24-2)16-14-19/h11,13-16,18H,3-10,12,17H2,1-2H3. The first-order valence-corrected chi connectivity index (χ1v) is 9.74. The maximum Gasteiger partial charge on any atom is 0.333 e. The molecule has 0 heterocycles. The van der Waals surface area contributed by atoms with Gasteiger partial charge in [-0.2, -0.15) is 0 Å². The molecule has 0 amide bonds. The summed E-state index contributed by atoms with van der Waals surface area (Å²) in [7, 11) is 1.68. The van der Waals surface area contributed by atoms with Gasteiger partial charge >= 0.3 is 5.97 Å². The van der Waals surface area contributed by atoms with E-state index in [1.54, 1.807) is 7.11 Å². The van der Waals surface area contributed by atoms with Gasteiger partial charge in [-0.05, 0) is 49.3 Å². The summed E-state index contributed by atoms with van der Waals surface area (Å²) in [5.41, 5.74) is 2.17. The van der Waals surface area contributed by atoms with Crippen molar-refractivity contribution in [2.45, 2.75) is 70.6 Å². The van der Waals surface area contributed by atoms with E-state index in [2.05, 4.69) is 25.1 Å². The molecule has 1 aromatic carbocycles. The number of carbonyl (C=O) groups is 1. The second kappa shape index (κ2) is 11.0. The molecule has 0 saturated heterocycles. The predicted octanol–water partition coefficient (Wildman–Crippen LogP) is 5.79. The molecule has 0 spiro atoms. The maximum absolute atomic E-state index is 12.2. The van der Waals surface area contributed by atoms with E-state index in [-0.39, 0.29) is 5.97 Å². The highest BCUT2D eigenvalue weighted by Crippen LogP contribution is 2.33. The van der Waals surface area contributed by atoms with Crippen LogP contribution < -0.4 is 4.74 Å². The van der Waals surface area contributed by atoms with Gasteiger partial charge in [0.15, 0.2) is 0 Å². The van der Waals surface area contributed by atoms with Crippen molar-refractivity contribution in [3.05, 3.63) is 41.5 Å². The highest BCUT2D eigenvalue weighted by Gasteiger charge is 2.20. The van der Waals surface area contributed by atoms with Crippen LogP contribution in [0.2, 0.25) is 0 Å². The summed E-state index contributed by atoms with van der Waals surface area (Å²) >= 11 is 0. The van der Waals surface area contributed by atoms with Crippen molar-refractivity contribution < 1.29 is 14.3 Å². The molecule has 2 rings (SSSR count). The first-order valence-electron chi connectivity index (χ1n) is 9.74. The normalized spacial score (nSPS) is 17.0. The second-order valence-electron chi connectivity index (χ2n) is 6.88. The summed E-state index contributed by atoms with van der Waals surface area (Å²) in [6, 6.07) is 8.26. The Labute approximate surface area is 152 Å². The van der Waals surface area contributed by atoms with Crippen LogP contribution in [0.1, 0.15) is 76.2 Å². The fourth-order valence-corrected chi connectivity index (χ4v) is 3.34. The lowest BCUT2D eigenvalue weighted by atomic mass is 9.84. The van der Waals surface area contributed by atoms with Gasteiger partial charge in [0.05, 0.1) is 13.7 Å². The Kier molecular flexibility index (Phi) is 8.58. The largest absolute Gasteiger partial charge is 0.497 e. The Bertz CT molecular complexity index is 545. The summed E-state index contributed by atoms with van der Waals surface area (Å²) in [6.07, 6.45) is 12.1. The average Bonchev–Trinajstić information content (AvgIpc) is 2.67. The van der Waals surface area contributed by atoms with Crippen molar-refractivity contribution in [1.82, 2.24) is 0 Å². The predicted molar refractivity (Wildman–Crippen MR) is 102 cm³/mol. The Balaban J connectivity index is 1.69. The molecule has 0 radical (unpaired) electrons. The quantitative estimate of drug-likeness (QED) is 0.398. The van der Waals surface area contributed by atoms with Crippen molar-refractivity contribution in [2.24, 2.45) is 0 Å². The van der Waals surface area contributed by atoms with E-state index < -0.39 is 0 Å². The van der Waals surface area contributed by atoms with Crippen LogP contribution in [0, 0.1) is 0 Å². The van der Waals surface area contributed by atoms with E-state index in [4.69, 9.17) is 9.47 Å². The molecular formula is C22H32O3. The molecule has 1 aliphatic rings. The number of carbonyl (C=O) groups excluding carboxylic acids is 1. The minimum Gasteiger partial charge on any atom is -0.497 e. The molecule has 0 aromatic heterocycles. The molecule has 0 bridgehead atoms. The summed E-state index contributed by atoms with van der Waals surface area (Å²) in [6.45, 7) is 2.78. The first-order chi connectivity index (χ1) is 12.2. The van der Waals surface area contributed by atoms with E-state index in [1.807, 2.05) is 12.1 Å². The van der Waals surface area contributed by atoms with Gasteiger partial charge in [-0.1, -0.05) is 57.2 Å². The molecule has 1 aliphatic carbocycles. The lowest BCUT2D eigenvalue weighted by molar-refractivity contribution is -0.139. The number of unbranched alkanes of at least 4 members (excludes halogenated alkanes) is 5. The van der Waals surface area contributed by atoms with Crippen molar-refractivity contribution in [3.8, 4) is 5.75 Å². The topological polar surface area (TPSA) is 35.5 Å². The third-order valence-corrected chi connectivity index (χ3v) is 4.99. The lowest BCUT2D eigenvalue weighted by Gasteiger charge is -2.21. The van der Waals surface area contributed by atoms with Crippen molar-refractivity contribution >= 4 is 5.97 Å². The summed E-state index contributed by atoms with van der Waals surface area (Å²) in [5, 5.41) is 0. The SMILES string of the molecule is CCCCCCCCOC(=O)C1=CCC(c2ccc(OC)cc2)CC1. The highest BCUT2D eigenvalue weighted by atomic mass is 16.5. The first kappa shape index (κ1) is 19.6. The van der Waals surface area contributed by atoms with Crippen LogP contribution in [0.15, 0.2) is 35.9 Å². The number of ether oxygens (including phenoxy) is 2. The zero-order chi connectivity index (χ0) is 17.9. The lowest BCUT2D eigenvalue weighted by Crippen LogP contribution is -2.14. The number of esters is 1. The van der Waals surface area contributed by atoms with Gasteiger partial charge in [0.1, 0.15) is 5.75 Å². The van der Waals surface area contributed by atoms with E-state index in [1.165, 1.54) is 31.2 Å². The number of benzene rings is 1. The molecule has 1 aromatic rings. The van der Waals surface area contributed by atoms with E-state index in [0.717, 1.165) is 43.4 Å². The van der Waals surface area contributed by atoms with E-state index in [9.17, 15) is 4.79 Å². The third-order valence-electron chi connectivity index (χ3n) is 4.99. The Morgan fingerprint density at radius 1 is 1.08 bits per heavy atom. The van der Waals surface area contributed by atoms with E-state index in [0.29, 0.717) is 12.5 Å². The number of allylic oxidation sites excluding steroid dienone is 1. The Morgan fingerprint density at radius 3 is 2.44 bits per heavy atom. The molecule has 1 unspecified atom stereocenters. The third kappa shape index (κ3) is 6.56. The van der Waals surface area contributed by atoms with Crippen molar-refractivity contribution in [2.75, 3.05) is 13.7 Å². The van der Waals surface area contributed by atoms with Crippen molar-refractivity contribution in [1.29, 1.82) is 0 Å². The zero-order valence-corrected chi connectivity index (χ0v) is 15.8. The minimum atomic E-state index is -0.110. The molecule has 0 aliphatic heterocycles. The molecule has 25 heavy (non-hydrogen) atoms. The average molecular weight is 344 g/mol. The van der Waals surface area contributed by atoms with Gasteiger partial charge < -0.3 is 9.47 Å².